The molecule has 1 aromatic carbocycles. The molecule has 19 heavy (non-hydrogen) atoms. The Hall–Kier alpha value is -0.820. The van der Waals surface area contributed by atoms with Crippen molar-refractivity contribution in [3.05, 3.63) is 35.9 Å². The first-order valence-electron chi connectivity index (χ1n) is 7.99. The topological polar surface area (TPSA) is 12.0 Å². The molecule has 106 valence electrons. The Morgan fingerprint density at radius 2 is 2.05 bits per heavy atom. The van der Waals surface area contributed by atoms with E-state index in [1.807, 2.05) is 0 Å². The zero-order valence-electron chi connectivity index (χ0n) is 12.6. The Balaban J connectivity index is 1.71. The molecule has 0 radical (unpaired) electrons. The van der Waals surface area contributed by atoms with E-state index in [9.17, 15) is 0 Å². The monoisotopic (exact) mass is 259 g/mol. The zero-order chi connectivity index (χ0) is 13.6. The van der Waals surface area contributed by atoms with Crippen molar-refractivity contribution in [1.82, 2.24) is 5.32 Å². The van der Waals surface area contributed by atoms with E-state index < -0.39 is 0 Å². The summed E-state index contributed by atoms with van der Waals surface area (Å²) in [5, 5.41) is 3.69. The van der Waals surface area contributed by atoms with Crippen LogP contribution < -0.4 is 5.32 Å². The fraction of sp³-hybridized carbons (Fsp3) is 0.667. The molecule has 2 rings (SSSR count). The molecule has 1 nitrogen and oxygen atoms in total. The van der Waals surface area contributed by atoms with E-state index in [4.69, 9.17) is 0 Å². The standard InChI is InChI=1S/C18H29N/c1-3-14-19-17-11-13-18(2,15-17)12-7-10-16-8-5-4-6-9-16/h4-6,8-9,17,19H,3,7,10-15H2,1-2H3. The highest BCUT2D eigenvalue weighted by Crippen LogP contribution is 2.41. The molecule has 0 bridgehead atoms. The molecule has 0 amide bonds. The zero-order valence-corrected chi connectivity index (χ0v) is 12.6. The summed E-state index contributed by atoms with van der Waals surface area (Å²) in [5.74, 6) is 0. The predicted octanol–water partition coefficient (Wildman–Crippen LogP) is 4.57. The summed E-state index contributed by atoms with van der Waals surface area (Å²) in [5.41, 5.74) is 2.07. The molecule has 0 aliphatic heterocycles. The minimum atomic E-state index is 0.584. The van der Waals surface area contributed by atoms with Crippen LogP contribution in [0.4, 0.5) is 0 Å². The molecule has 2 atom stereocenters. The van der Waals surface area contributed by atoms with Crippen LogP contribution in [0, 0.1) is 5.41 Å². The Morgan fingerprint density at radius 1 is 1.26 bits per heavy atom. The van der Waals surface area contributed by atoms with Gasteiger partial charge in [-0.05, 0) is 62.5 Å². The maximum Gasteiger partial charge on any atom is 0.00724 e. The lowest BCUT2D eigenvalue weighted by atomic mass is 9.82. The van der Waals surface area contributed by atoms with E-state index in [2.05, 4.69) is 49.5 Å². The van der Waals surface area contributed by atoms with Gasteiger partial charge in [-0.15, -0.1) is 0 Å². The van der Waals surface area contributed by atoms with E-state index in [1.165, 1.54) is 57.1 Å². The molecule has 0 saturated heterocycles. The van der Waals surface area contributed by atoms with Gasteiger partial charge >= 0.3 is 0 Å². The molecule has 0 heterocycles. The summed E-state index contributed by atoms with van der Waals surface area (Å²) in [4.78, 5) is 0. The average Bonchev–Trinajstić information content (AvgIpc) is 2.80. The van der Waals surface area contributed by atoms with Crippen LogP contribution in [0.1, 0.15) is 57.9 Å². The summed E-state index contributed by atoms with van der Waals surface area (Å²) in [6.45, 7) is 5.93. The third kappa shape index (κ3) is 4.65. The largest absolute Gasteiger partial charge is 0.314 e. The highest BCUT2D eigenvalue weighted by atomic mass is 14.9. The van der Waals surface area contributed by atoms with Crippen LogP contribution in [0.25, 0.3) is 0 Å². The molecule has 1 fully saturated rings. The normalized spacial score (nSPS) is 26.7. The Kier molecular flexibility index (Phi) is 5.45. The lowest BCUT2D eigenvalue weighted by molar-refractivity contribution is 0.290. The predicted molar refractivity (Wildman–Crippen MR) is 83.4 cm³/mol. The van der Waals surface area contributed by atoms with Crippen LogP contribution in [0.2, 0.25) is 0 Å². The number of benzene rings is 1. The van der Waals surface area contributed by atoms with Gasteiger partial charge in [-0.1, -0.05) is 44.2 Å². The van der Waals surface area contributed by atoms with E-state index in [0.717, 1.165) is 6.04 Å². The molecular weight excluding hydrogens is 230 g/mol. The van der Waals surface area contributed by atoms with Crippen molar-refractivity contribution in [2.24, 2.45) is 5.41 Å². The van der Waals surface area contributed by atoms with Crippen LogP contribution in [0.3, 0.4) is 0 Å². The Bertz CT molecular complexity index is 359. The first-order chi connectivity index (χ1) is 9.22. The summed E-state index contributed by atoms with van der Waals surface area (Å²) in [6, 6.07) is 11.7. The number of rotatable bonds is 7. The molecule has 0 spiro atoms. The lowest BCUT2D eigenvalue weighted by Gasteiger charge is -2.24. The number of hydrogen-bond acceptors (Lipinski definition) is 1. The van der Waals surface area contributed by atoms with Crippen LogP contribution in [-0.4, -0.2) is 12.6 Å². The van der Waals surface area contributed by atoms with Crippen molar-refractivity contribution >= 4 is 0 Å². The van der Waals surface area contributed by atoms with Crippen molar-refractivity contribution < 1.29 is 0 Å². The highest BCUT2D eigenvalue weighted by molar-refractivity contribution is 5.14. The molecule has 1 saturated carbocycles. The average molecular weight is 259 g/mol. The highest BCUT2D eigenvalue weighted by Gasteiger charge is 2.33. The first-order valence-corrected chi connectivity index (χ1v) is 7.99. The molecular formula is C18H29N. The van der Waals surface area contributed by atoms with Gasteiger partial charge in [0.25, 0.3) is 0 Å². The number of nitrogens with one attached hydrogen (secondary N) is 1. The quantitative estimate of drug-likeness (QED) is 0.756. The molecule has 0 aromatic heterocycles. The Morgan fingerprint density at radius 3 is 2.79 bits per heavy atom. The lowest BCUT2D eigenvalue weighted by Crippen LogP contribution is -2.28. The molecule has 1 aromatic rings. The SMILES string of the molecule is CCCNC1CCC(C)(CCCc2ccccc2)C1. The summed E-state index contributed by atoms with van der Waals surface area (Å²) >= 11 is 0. The van der Waals surface area contributed by atoms with Crippen molar-refractivity contribution in [3.63, 3.8) is 0 Å². The minimum absolute atomic E-state index is 0.584. The smallest absolute Gasteiger partial charge is 0.00724 e. The van der Waals surface area contributed by atoms with Crippen molar-refractivity contribution in [2.75, 3.05) is 6.54 Å². The fourth-order valence-corrected chi connectivity index (χ4v) is 3.44. The maximum atomic E-state index is 3.69. The molecule has 1 aliphatic carbocycles. The Labute approximate surface area is 118 Å². The van der Waals surface area contributed by atoms with Gasteiger partial charge in [0.1, 0.15) is 0 Å². The second-order valence-electron chi connectivity index (χ2n) is 6.54. The summed E-state index contributed by atoms with van der Waals surface area (Å²) in [6.07, 6.45) is 9.37. The third-order valence-electron chi connectivity index (χ3n) is 4.61. The van der Waals surface area contributed by atoms with Gasteiger partial charge in [0.15, 0.2) is 0 Å². The van der Waals surface area contributed by atoms with Gasteiger partial charge in [-0.25, -0.2) is 0 Å². The van der Waals surface area contributed by atoms with Crippen LogP contribution in [0.5, 0.6) is 0 Å². The van der Waals surface area contributed by atoms with Crippen molar-refractivity contribution in [3.8, 4) is 0 Å². The van der Waals surface area contributed by atoms with Gasteiger partial charge in [0.05, 0.1) is 0 Å². The van der Waals surface area contributed by atoms with Crippen LogP contribution >= 0.6 is 0 Å². The maximum absolute atomic E-state index is 3.69. The first kappa shape index (κ1) is 14.6. The summed E-state index contributed by atoms with van der Waals surface area (Å²) < 4.78 is 0. The van der Waals surface area contributed by atoms with E-state index in [1.54, 1.807) is 0 Å². The van der Waals surface area contributed by atoms with Gasteiger partial charge in [0, 0.05) is 6.04 Å². The third-order valence-corrected chi connectivity index (χ3v) is 4.61. The van der Waals surface area contributed by atoms with E-state index in [0.29, 0.717) is 5.41 Å². The van der Waals surface area contributed by atoms with Gasteiger partial charge in [-0.3, -0.25) is 0 Å². The van der Waals surface area contributed by atoms with E-state index in [-0.39, 0.29) is 0 Å². The van der Waals surface area contributed by atoms with Gasteiger partial charge in [-0.2, -0.15) is 0 Å². The molecule has 2 unspecified atom stereocenters. The second-order valence-corrected chi connectivity index (χ2v) is 6.54. The number of aryl methyl sites for hydroxylation is 1. The van der Waals surface area contributed by atoms with Crippen LogP contribution in [-0.2, 0) is 6.42 Å². The second kappa shape index (κ2) is 7.09. The van der Waals surface area contributed by atoms with Crippen molar-refractivity contribution in [2.45, 2.75) is 64.8 Å². The van der Waals surface area contributed by atoms with Crippen LogP contribution in [0.15, 0.2) is 30.3 Å². The summed E-state index contributed by atoms with van der Waals surface area (Å²) in [7, 11) is 0. The van der Waals surface area contributed by atoms with Gasteiger partial charge < -0.3 is 5.32 Å². The minimum Gasteiger partial charge on any atom is -0.314 e. The molecule has 1 aliphatic rings. The van der Waals surface area contributed by atoms with Gasteiger partial charge in [0.2, 0.25) is 0 Å². The number of hydrogen-bond donors (Lipinski definition) is 1. The molecule has 1 N–H and O–H groups in total. The fourth-order valence-electron chi connectivity index (χ4n) is 3.44. The van der Waals surface area contributed by atoms with Crippen molar-refractivity contribution in [1.29, 1.82) is 0 Å². The van der Waals surface area contributed by atoms with E-state index >= 15 is 0 Å². The molecule has 1 heteroatoms.